The Morgan fingerprint density at radius 1 is 0.250 bits per heavy atom. The maximum atomic E-state index is 10.2. The van der Waals surface area contributed by atoms with Crippen molar-refractivity contribution in [2.45, 2.75) is 0 Å². The Bertz CT molecular complexity index is 4370. The first-order valence-corrected chi connectivity index (χ1v) is 25.1. The van der Waals surface area contributed by atoms with Crippen molar-refractivity contribution in [3.8, 4) is 23.9 Å². The van der Waals surface area contributed by atoms with E-state index in [0.717, 1.165) is 111 Å². The van der Waals surface area contributed by atoms with Crippen LogP contribution in [-0.2, 0) is 0 Å². The lowest BCUT2D eigenvalue weighted by molar-refractivity contribution is 1.17. The van der Waals surface area contributed by atoms with Gasteiger partial charge in [0.25, 0.3) is 0 Å². The number of benzene rings is 12. The highest BCUT2D eigenvalue weighted by molar-refractivity contribution is 6.12. The normalized spacial score (nSPS) is 11.1. The van der Waals surface area contributed by atoms with E-state index < -0.39 is 0 Å². The van der Waals surface area contributed by atoms with Gasteiger partial charge in [0.05, 0.1) is 45.9 Å². The molecule has 1 heterocycles. The van der Waals surface area contributed by atoms with Crippen LogP contribution in [0.25, 0.3) is 59.8 Å². The van der Waals surface area contributed by atoms with E-state index in [9.17, 15) is 15.8 Å². The second-order valence-corrected chi connectivity index (χ2v) is 18.8. The summed E-state index contributed by atoms with van der Waals surface area (Å²) < 4.78 is 2.33. The summed E-state index contributed by atoms with van der Waals surface area (Å²) in [5, 5.41) is 39.2. The van der Waals surface area contributed by atoms with E-state index in [2.05, 4.69) is 238 Å². The van der Waals surface area contributed by atoms with Gasteiger partial charge in [-0.1, -0.05) is 115 Å². The first-order valence-electron chi connectivity index (χ1n) is 25.1. The number of aromatic nitrogens is 1. The van der Waals surface area contributed by atoms with Crippen LogP contribution in [-0.4, -0.2) is 4.57 Å². The highest BCUT2D eigenvalue weighted by atomic mass is 15.2. The zero-order chi connectivity index (χ0) is 51.1. The lowest BCUT2D eigenvalue weighted by atomic mass is 10.1. The van der Waals surface area contributed by atoms with Crippen LogP contribution in [0.4, 0.5) is 51.2 Å². The van der Waals surface area contributed by atoms with Gasteiger partial charge in [0.15, 0.2) is 0 Å². The summed E-state index contributed by atoms with van der Waals surface area (Å²) in [4.78, 5) is 6.67. The molecule has 7 nitrogen and oxygen atoms in total. The number of hydrogen-bond acceptors (Lipinski definition) is 6. The molecule has 0 aliphatic rings. The topological polar surface area (TPSA) is 86.0 Å². The van der Waals surface area contributed by atoms with Gasteiger partial charge in [-0.15, -0.1) is 0 Å². The van der Waals surface area contributed by atoms with Crippen LogP contribution in [0.2, 0.25) is 0 Å². The zero-order valence-corrected chi connectivity index (χ0v) is 41.0. The average molecular weight is 970 g/mol. The molecule has 354 valence electrons. The standard InChI is InChI=1S/C69H43N7/c70-44-47-11-7-20-56(35-47)73(61-28-25-50-14-1-4-17-53(50)38-61)59-23-10-24-60(41-59)76-68-33-31-64(74(57-21-8-12-48(36-57)45-71)62-29-26-51-15-2-5-18-54(51)39-62)42-66(68)67-43-65(32-34-69(67)76)75(58-22-9-13-49(37-58)46-72)63-30-27-52-16-3-6-19-55(52)40-63/h1-43H. The summed E-state index contributed by atoms with van der Waals surface area (Å²) in [6.07, 6.45) is 0. The van der Waals surface area contributed by atoms with Gasteiger partial charge in [0, 0.05) is 67.6 Å². The van der Waals surface area contributed by atoms with Gasteiger partial charge in [-0.3, -0.25) is 0 Å². The van der Waals surface area contributed by atoms with Crippen LogP contribution in [0, 0.1) is 34.0 Å². The smallest absolute Gasteiger partial charge is 0.0992 e. The fourth-order valence-electron chi connectivity index (χ4n) is 10.8. The third-order valence-electron chi connectivity index (χ3n) is 14.3. The third kappa shape index (κ3) is 8.12. The fourth-order valence-corrected chi connectivity index (χ4v) is 10.8. The largest absolute Gasteiger partial charge is 0.310 e. The Hall–Kier alpha value is -10.9. The first-order chi connectivity index (χ1) is 37.5. The number of hydrogen-bond donors (Lipinski definition) is 0. The molecule has 13 aromatic rings. The van der Waals surface area contributed by atoms with E-state index in [1.807, 2.05) is 60.7 Å². The summed E-state index contributed by atoms with van der Waals surface area (Å²) in [5.41, 5.74) is 12.9. The van der Waals surface area contributed by atoms with E-state index in [-0.39, 0.29) is 0 Å². The Morgan fingerprint density at radius 3 is 0.921 bits per heavy atom. The first kappa shape index (κ1) is 45.0. The Kier molecular flexibility index (Phi) is 11.2. The number of nitrogens with zero attached hydrogens (tertiary/aromatic N) is 7. The fraction of sp³-hybridized carbons (Fsp3) is 0. The minimum Gasteiger partial charge on any atom is -0.310 e. The molecular weight excluding hydrogens is 927 g/mol. The van der Waals surface area contributed by atoms with Crippen LogP contribution in [0.1, 0.15) is 16.7 Å². The molecule has 1 aromatic heterocycles. The quantitative estimate of drug-likeness (QED) is 0.136. The SMILES string of the molecule is N#Cc1cccc(N(c2cccc(-n3c4ccc(N(c5cccc(C#N)c5)c5ccc6ccccc6c5)cc4c4cc(N(c5cccc(C#N)c5)c5ccc6ccccc6c5)ccc43)c2)c2ccc3ccccc3c2)c1. The van der Waals surface area contributed by atoms with Crippen LogP contribution < -0.4 is 14.7 Å². The van der Waals surface area contributed by atoms with Crippen molar-refractivity contribution in [1.29, 1.82) is 15.8 Å². The zero-order valence-electron chi connectivity index (χ0n) is 41.0. The predicted octanol–water partition coefficient (Wildman–Crippen LogP) is 18.3. The molecule has 0 amide bonds. The molecule has 0 saturated carbocycles. The summed E-state index contributed by atoms with van der Waals surface area (Å²) in [5.74, 6) is 0. The molecule has 0 atom stereocenters. The summed E-state index contributed by atoms with van der Waals surface area (Å²) in [7, 11) is 0. The molecular formula is C69H43N7. The van der Waals surface area contributed by atoms with Crippen molar-refractivity contribution in [3.63, 3.8) is 0 Å². The maximum absolute atomic E-state index is 10.2. The highest BCUT2D eigenvalue weighted by Crippen LogP contribution is 2.45. The van der Waals surface area contributed by atoms with Gasteiger partial charge in [-0.05, 0) is 178 Å². The molecule has 0 radical (unpaired) electrons. The van der Waals surface area contributed by atoms with E-state index in [0.29, 0.717) is 16.7 Å². The molecule has 0 spiro atoms. The van der Waals surface area contributed by atoms with Gasteiger partial charge in [-0.2, -0.15) is 15.8 Å². The molecule has 0 aliphatic heterocycles. The van der Waals surface area contributed by atoms with E-state index >= 15 is 0 Å². The molecule has 13 rings (SSSR count). The monoisotopic (exact) mass is 969 g/mol. The Labute approximate surface area is 439 Å². The van der Waals surface area contributed by atoms with Crippen molar-refractivity contribution in [3.05, 3.63) is 278 Å². The number of nitriles is 3. The number of fused-ring (bicyclic) bond motifs is 6. The molecule has 0 bridgehead atoms. The van der Waals surface area contributed by atoms with Gasteiger partial charge in [0.2, 0.25) is 0 Å². The van der Waals surface area contributed by atoms with E-state index in [4.69, 9.17) is 0 Å². The molecule has 12 aromatic carbocycles. The summed E-state index contributed by atoms with van der Waals surface area (Å²) in [6.45, 7) is 0. The van der Waals surface area contributed by atoms with E-state index in [1.165, 1.54) is 0 Å². The lowest BCUT2D eigenvalue weighted by Gasteiger charge is -2.27. The van der Waals surface area contributed by atoms with Gasteiger partial charge < -0.3 is 19.3 Å². The van der Waals surface area contributed by atoms with Crippen LogP contribution in [0.15, 0.2) is 261 Å². The third-order valence-corrected chi connectivity index (χ3v) is 14.3. The van der Waals surface area contributed by atoms with E-state index in [1.54, 1.807) is 0 Å². The molecule has 0 N–H and O–H groups in total. The molecule has 0 fully saturated rings. The summed E-state index contributed by atoms with van der Waals surface area (Å²) in [6, 6.07) is 96.8. The minimum absolute atomic E-state index is 0.567. The van der Waals surface area contributed by atoms with Crippen molar-refractivity contribution < 1.29 is 0 Å². The molecule has 0 aliphatic carbocycles. The van der Waals surface area contributed by atoms with Gasteiger partial charge in [-0.25, -0.2) is 0 Å². The predicted molar refractivity (Wildman–Crippen MR) is 311 cm³/mol. The van der Waals surface area contributed by atoms with Crippen molar-refractivity contribution >= 4 is 105 Å². The van der Waals surface area contributed by atoms with Crippen molar-refractivity contribution in [2.24, 2.45) is 0 Å². The highest BCUT2D eigenvalue weighted by Gasteiger charge is 2.23. The Balaban J connectivity index is 1.06. The summed E-state index contributed by atoms with van der Waals surface area (Å²) >= 11 is 0. The molecule has 76 heavy (non-hydrogen) atoms. The number of rotatable bonds is 10. The lowest BCUT2D eigenvalue weighted by Crippen LogP contribution is -2.11. The van der Waals surface area contributed by atoms with Crippen LogP contribution >= 0.6 is 0 Å². The van der Waals surface area contributed by atoms with Gasteiger partial charge in [0.1, 0.15) is 0 Å². The average Bonchev–Trinajstić information content (AvgIpc) is 3.85. The van der Waals surface area contributed by atoms with Crippen LogP contribution in [0.5, 0.6) is 0 Å². The Morgan fingerprint density at radius 2 is 0.553 bits per heavy atom. The molecule has 0 saturated heterocycles. The van der Waals surface area contributed by atoms with Crippen molar-refractivity contribution in [1.82, 2.24) is 4.57 Å². The van der Waals surface area contributed by atoms with Gasteiger partial charge >= 0.3 is 0 Å². The second kappa shape index (κ2) is 18.9. The van der Waals surface area contributed by atoms with Crippen LogP contribution in [0.3, 0.4) is 0 Å². The number of anilines is 9. The minimum atomic E-state index is 0.567. The second-order valence-electron chi connectivity index (χ2n) is 18.8. The molecule has 0 unspecified atom stereocenters. The molecule has 7 heteroatoms. The maximum Gasteiger partial charge on any atom is 0.0992 e. The van der Waals surface area contributed by atoms with Crippen molar-refractivity contribution in [2.75, 3.05) is 14.7 Å².